The fourth-order valence-corrected chi connectivity index (χ4v) is 2.66. The molecule has 1 atom stereocenters. The predicted molar refractivity (Wildman–Crippen MR) is 83.0 cm³/mol. The van der Waals surface area contributed by atoms with Crippen LogP contribution in [0, 0.1) is 17.6 Å². The average molecular weight is 327 g/mol. The second-order valence-electron chi connectivity index (χ2n) is 5.75. The number of hydrogen-bond acceptors (Lipinski definition) is 3. The van der Waals surface area contributed by atoms with E-state index in [2.05, 4.69) is 15.5 Å². The van der Waals surface area contributed by atoms with Crippen LogP contribution >= 0.6 is 0 Å². The van der Waals surface area contributed by atoms with Crippen molar-refractivity contribution in [2.75, 3.05) is 39.9 Å². The standard InChI is InChI=1S/C16H23F2N3O2/c1-23-7-6-21-5-4-12(11-21)9-19-16(22)20-10-13-8-14(17)2-3-15(13)18/h2-3,8,12H,4-7,9-11H2,1H3,(H2,19,20,22). The van der Waals surface area contributed by atoms with Crippen molar-refractivity contribution in [1.82, 2.24) is 15.5 Å². The molecule has 0 aromatic heterocycles. The highest BCUT2D eigenvalue weighted by molar-refractivity contribution is 5.73. The van der Waals surface area contributed by atoms with Crippen molar-refractivity contribution in [3.8, 4) is 0 Å². The van der Waals surface area contributed by atoms with Crippen LogP contribution in [0.2, 0.25) is 0 Å². The number of ether oxygens (including phenoxy) is 1. The minimum atomic E-state index is -0.531. The van der Waals surface area contributed by atoms with Gasteiger partial charge in [0.25, 0.3) is 0 Å². The van der Waals surface area contributed by atoms with Gasteiger partial charge in [0.15, 0.2) is 0 Å². The van der Waals surface area contributed by atoms with E-state index in [9.17, 15) is 13.6 Å². The molecule has 1 aromatic rings. The number of methoxy groups -OCH3 is 1. The Morgan fingerprint density at radius 1 is 1.39 bits per heavy atom. The minimum Gasteiger partial charge on any atom is -0.383 e. The van der Waals surface area contributed by atoms with E-state index in [1.807, 2.05) is 0 Å². The molecule has 2 N–H and O–H groups in total. The van der Waals surface area contributed by atoms with Gasteiger partial charge in [-0.1, -0.05) is 0 Å². The third-order valence-electron chi connectivity index (χ3n) is 3.98. The van der Waals surface area contributed by atoms with Crippen molar-refractivity contribution in [1.29, 1.82) is 0 Å². The van der Waals surface area contributed by atoms with Gasteiger partial charge in [-0.05, 0) is 37.1 Å². The summed E-state index contributed by atoms with van der Waals surface area (Å²) in [4.78, 5) is 14.1. The number of likely N-dealkylation sites (tertiary alicyclic amines) is 1. The third-order valence-corrected chi connectivity index (χ3v) is 3.98. The number of amides is 2. The first-order valence-corrected chi connectivity index (χ1v) is 7.75. The summed E-state index contributed by atoms with van der Waals surface area (Å²) >= 11 is 0. The number of nitrogens with zero attached hydrogens (tertiary/aromatic N) is 1. The maximum atomic E-state index is 13.4. The Kier molecular flexibility index (Phi) is 6.73. The number of urea groups is 1. The quantitative estimate of drug-likeness (QED) is 0.802. The van der Waals surface area contributed by atoms with Gasteiger partial charge in [0.05, 0.1) is 6.61 Å². The van der Waals surface area contributed by atoms with Gasteiger partial charge in [0, 0.05) is 38.9 Å². The minimum absolute atomic E-state index is 0.0416. The van der Waals surface area contributed by atoms with Crippen LogP contribution in [0.15, 0.2) is 18.2 Å². The number of carbonyl (C=O) groups is 1. The molecule has 2 rings (SSSR count). The average Bonchev–Trinajstić information content (AvgIpc) is 2.99. The maximum Gasteiger partial charge on any atom is 0.315 e. The summed E-state index contributed by atoms with van der Waals surface area (Å²) in [6.07, 6.45) is 1.03. The monoisotopic (exact) mass is 327 g/mol. The lowest BCUT2D eigenvalue weighted by Gasteiger charge is -2.15. The molecule has 1 aliphatic heterocycles. The Balaban J connectivity index is 1.67. The van der Waals surface area contributed by atoms with Gasteiger partial charge in [-0.25, -0.2) is 13.6 Å². The molecule has 0 bridgehead atoms. The molecule has 1 unspecified atom stereocenters. The smallest absolute Gasteiger partial charge is 0.315 e. The molecule has 5 nitrogen and oxygen atoms in total. The predicted octanol–water partition coefficient (Wildman–Crippen LogP) is 1.73. The van der Waals surface area contributed by atoms with Gasteiger partial charge in [0.1, 0.15) is 11.6 Å². The molecular formula is C16H23F2N3O2. The zero-order valence-electron chi connectivity index (χ0n) is 13.3. The molecule has 1 aromatic carbocycles. The molecule has 0 radical (unpaired) electrons. The molecule has 1 aliphatic rings. The zero-order chi connectivity index (χ0) is 16.7. The summed E-state index contributed by atoms with van der Waals surface area (Å²) in [5, 5.41) is 5.33. The van der Waals surface area contributed by atoms with Gasteiger partial charge in [-0.15, -0.1) is 0 Å². The van der Waals surface area contributed by atoms with E-state index in [1.165, 1.54) is 0 Å². The molecule has 1 saturated heterocycles. The SMILES string of the molecule is COCCN1CCC(CNC(=O)NCc2cc(F)ccc2F)C1. The van der Waals surface area contributed by atoms with Crippen molar-refractivity contribution < 1.29 is 18.3 Å². The fraction of sp³-hybridized carbons (Fsp3) is 0.562. The lowest BCUT2D eigenvalue weighted by Crippen LogP contribution is -2.38. The number of hydrogen-bond donors (Lipinski definition) is 2. The summed E-state index contributed by atoms with van der Waals surface area (Å²) in [5.74, 6) is -0.648. The highest BCUT2D eigenvalue weighted by Crippen LogP contribution is 2.14. The van der Waals surface area contributed by atoms with Crippen molar-refractivity contribution in [2.45, 2.75) is 13.0 Å². The molecule has 0 spiro atoms. The Labute approximate surface area is 135 Å². The molecule has 0 saturated carbocycles. The van der Waals surface area contributed by atoms with E-state index in [0.29, 0.717) is 19.1 Å². The van der Waals surface area contributed by atoms with E-state index in [1.54, 1.807) is 7.11 Å². The van der Waals surface area contributed by atoms with Gasteiger partial charge in [-0.2, -0.15) is 0 Å². The van der Waals surface area contributed by atoms with Crippen LogP contribution in [0.5, 0.6) is 0 Å². The summed E-state index contributed by atoms with van der Waals surface area (Å²) in [5.41, 5.74) is 0.131. The van der Waals surface area contributed by atoms with E-state index in [-0.39, 0.29) is 18.1 Å². The number of nitrogens with one attached hydrogen (secondary N) is 2. The Hall–Kier alpha value is -1.73. The molecule has 128 valence electrons. The van der Waals surface area contributed by atoms with Crippen LogP contribution < -0.4 is 10.6 Å². The largest absolute Gasteiger partial charge is 0.383 e. The van der Waals surface area contributed by atoms with Gasteiger partial charge < -0.3 is 20.3 Å². The second kappa shape index (κ2) is 8.79. The summed E-state index contributed by atoms with van der Waals surface area (Å²) in [6.45, 7) is 4.08. The molecule has 1 heterocycles. The maximum absolute atomic E-state index is 13.4. The molecule has 7 heteroatoms. The van der Waals surface area contributed by atoms with Crippen LogP contribution in [0.25, 0.3) is 0 Å². The summed E-state index contributed by atoms with van der Waals surface area (Å²) < 4.78 is 31.5. The van der Waals surface area contributed by atoms with E-state index in [4.69, 9.17) is 4.74 Å². The van der Waals surface area contributed by atoms with Crippen LogP contribution in [-0.2, 0) is 11.3 Å². The normalized spacial score (nSPS) is 18.1. The van der Waals surface area contributed by atoms with Crippen molar-refractivity contribution in [3.05, 3.63) is 35.4 Å². The highest BCUT2D eigenvalue weighted by Gasteiger charge is 2.22. The number of halogens is 2. The number of benzene rings is 1. The third kappa shape index (κ3) is 5.76. The highest BCUT2D eigenvalue weighted by atomic mass is 19.1. The molecule has 23 heavy (non-hydrogen) atoms. The van der Waals surface area contributed by atoms with Crippen LogP contribution in [0.4, 0.5) is 13.6 Å². The number of carbonyl (C=O) groups excluding carboxylic acids is 1. The first-order valence-electron chi connectivity index (χ1n) is 7.75. The van der Waals surface area contributed by atoms with E-state index >= 15 is 0 Å². The second-order valence-corrected chi connectivity index (χ2v) is 5.75. The topological polar surface area (TPSA) is 53.6 Å². The molecular weight excluding hydrogens is 304 g/mol. The zero-order valence-corrected chi connectivity index (χ0v) is 13.3. The van der Waals surface area contributed by atoms with E-state index in [0.717, 1.165) is 44.3 Å². The lowest BCUT2D eigenvalue weighted by molar-refractivity contribution is 0.159. The lowest BCUT2D eigenvalue weighted by atomic mass is 10.1. The Bertz CT molecular complexity index is 528. The molecule has 2 amide bonds. The van der Waals surface area contributed by atoms with Gasteiger partial charge >= 0.3 is 6.03 Å². The van der Waals surface area contributed by atoms with Crippen molar-refractivity contribution >= 4 is 6.03 Å². The van der Waals surface area contributed by atoms with Gasteiger partial charge in [-0.3, -0.25) is 0 Å². The first-order chi connectivity index (χ1) is 11.1. The first kappa shape index (κ1) is 17.6. The van der Waals surface area contributed by atoms with Gasteiger partial charge in [0.2, 0.25) is 0 Å². The van der Waals surface area contributed by atoms with E-state index < -0.39 is 11.6 Å². The molecule has 0 aliphatic carbocycles. The van der Waals surface area contributed by atoms with Crippen LogP contribution in [0.1, 0.15) is 12.0 Å². The number of rotatable bonds is 7. The summed E-state index contributed by atoms with van der Waals surface area (Å²) in [7, 11) is 1.68. The van der Waals surface area contributed by atoms with Crippen LogP contribution in [-0.4, -0.2) is 50.8 Å². The van der Waals surface area contributed by atoms with Crippen molar-refractivity contribution in [3.63, 3.8) is 0 Å². The molecule has 1 fully saturated rings. The summed E-state index contributed by atoms with van der Waals surface area (Å²) in [6, 6.07) is 2.82. The Morgan fingerprint density at radius 2 is 2.22 bits per heavy atom. The fourth-order valence-electron chi connectivity index (χ4n) is 2.66. The van der Waals surface area contributed by atoms with Crippen molar-refractivity contribution in [2.24, 2.45) is 5.92 Å². The Morgan fingerprint density at radius 3 is 3.00 bits per heavy atom. The van der Waals surface area contributed by atoms with Crippen LogP contribution in [0.3, 0.4) is 0 Å².